The molecule has 9 heteroatoms. The van der Waals surface area contributed by atoms with Crippen LogP contribution in [-0.4, -0.2) is 60.4 Å². The van der Waals surface area contributed by atoms with Gasteiger partial charge in [0.15, 0.2) is 11.6 Å². The first kappa shape index (κ1) is 29.6. The molecule has 2 amide bonds. The van der Waals surface area contributed by atoms with E-state index in [-0.39, 0.29) is 29.3 Å². The van der Waals surface area contributed by atoms with E-state index < -0.39 is 11.6 Å². The highest BCUT2D eigenvalue weighted by molar-refractivity contribution is 5.97. The van der Waals surface area contributed by atoms with Gasteiger partial charge in [-0.15, -0.1) is 0 Å². The van der Waals surface area contributed by atoms with Crippen molar-refractivity contribution in [3.63, 3.8) is 0 Å². The van der Waals surface area contributed by atoms with Gasteiger partial charge in [0.2, 0.25) is 5.91 Å². The summed E-state index contributed by atoms with van der Waals surface area (Å²) in [6.07, 6.45) is 3.65. The van der Waals surface area contributed by atoms with E-state index in [2.05, 4.69) is 5.32 Å². The second-order valence-electron chi connectivity index (χ2n) is 11.3. The Bertz CT molecular complexity index is 1410. The van der Waals surface area contributed by atoms with Crippen molar-refractivity contribution in [3.05, 3.63) is 94.8 Å². The molecule has 0 aromatic heterocycles. The molecule has 3 aromatic carbocycles. The summed E-state index contributed by atoms with van der Waals surface area (Å²) >= 11 is 0. The first-order chi connectivity index (χ1) is 20.2. The number of carbonyl (C=O) groups is 2. The van der Waals surface area contributed by atoms with Crippen LogP contribution in [0.2, 0.25) is 0 Å². The molecule has 0 radical (unpaired) electrons. The number of fused-ring (bicyclic) bond motifs is 1. The minimum absolute atomic E-state index is 0.0118. The summed E-state index contributed by atoms with van der Waals surface area (Å²) in [7, 11) is 0. The van der Waals surface area contributed by atoms with Crippen LogP contribution in [0, 0.1) is 23.4 Å². The Morgan fingerprint density at radius 1 is 0.976 bits per heavy atom. The monoisotopic (exact) mass is 579 g/mol. The average Bonchev–Trinajstić information content (AvgIpc) is 2.97. The fourth-order valence-corrected chi connectivity index (χ4v) is 5.70. The van der Waals surface area contributed by atoms with E-state index in [4.69, 9.17) is 4.74 Å². The van der Waals surface area contributed by atoms with Gasteiger partial charge in [-0.3, -0.25) is 9.59 Å². The molecule has 5 rings (SSSR count). The van der Waals surface area contributed by atoms with Gasteiger partial charge in [0.25, 0.3) is 5.91 Å². The minimum Gasteiger partial charge on any atom is -0.454 e. The predicted octanol–water partition coefficient (Wildman–Crippen LogP) is 5.74. The third-order valence-corrected chi connectivity index (χ3v) is 8.03. The zero-order chi connectivity index (χ0) is 29.6. The van der Waals surface area contributed by atoms with Gasteiger partial charge in [-0.2, -0.15) is 0 Å². The zero-order valence-corrected chi connectivity index (χ0v) is 23.8. The molecule has 1 N–H and O–H groups in total. The Balaban J connectivity index is 1.07. The number of piperidine rings is 1. The maximum Gasteiger partial charge on any atom is 0.254 e. The standard InChI is InChI=1S/C33H36F3N3O3/c1-22(18-32(40)38-16-12-27(13-17-38)37-14-10-23-2-5-25(34)6-3-23)21-39-15-11-24-4-8-28(20-29(24)33(39)41)42-31-9-7-26(35)19-30(31)36/h2-9,19-20,22,27,37H,10-18,21H2,1H3. The molecule has 3 aromatic rings. The van der Waals surface area contributed by atoms with Crippen LogP contribution in [0.3, 0.4) is 0 Å². The van der Waals surface area contributed by atoms with E-state index in [1.165, 1.54) is 18.2 Å². The number of likely N-dealkylation sites (tertiary alicyclic amines) is 1. The van der Waals surface area contributed by atoms with Crippen LogP contribution in [0.1, 0.15) is 47.7 Å². The van der Waals surface area contributed by atoms with Gasteiger partial charge in [0.1, 0.15) is 17.4 Å². The number of halogens is 3. The highest BCUT2D eigenvalue weighted by atomic mass is 19.1. The lowest BCUT2D eigenvalue weighted by molar-refractivity contribution is -0.133. The quantitative estimate of drug-likeness (QED) is 0.333. The number of hydrogen-bond donors (Lipinski definition) is 1. The minimum atomic E-state index is -0.818. The van der Waals surface area contributed by atoms with Gasteiger partial charge in [0, 0.05) is 50.3 Å². The third-order valence-electron chi connectivity index (χ3n) is 8.03. The van der Waals surface area contributed by atoms with E-state index in [0.717, 1.165) is 49.1 Å². The lowest BCUT2D eigenvalue weighted by atomic mass is 9.96. The predicted molar refractivity (Wildman–Crippen MR) is 154 cm³/mol. The molecular weight excluding hydrogens is 543 g/mol. The molecule has 1 unspecified atom stereocenters. The van der Waals surface area contributed by atoms with Crippen LogP contribution in [0.4, 0.5) is 13.2 Å². The number of rotatable bonds is 10. The molecule has 1 atom stereocenters. The summed E-state index contributed by atoms with van der Waals surface area (Å²) in [5.41, 5.74) is 2.48. The molecule has 0 spiro atoms. The Kier molecular flexibility index (Phi) is 9.47. The van der Waals surface area contributed by atoms with E-state index in [9.17, 15) is 22.8 Å². The van der Waals surface area contributed by atoms with Gasteiger partial charge < -0.3 is 19.9 Å². The highest BCUT2D eigenvalue weighted by Crippen LogP contribution is 2.29. The van der Waals surface area contributed by atoms with Crippen LogP contribution < -0.4 is 10.1 Å². The maximum absolute atomic E-state index is 14.0. The summed E-state index contributed by atoms with van der Waals surface area (Å²) in [6.45, 7) is 5.22. The van der Waals surface area contributed by atoms with Gasteiger partial charge >= 0.3 is 0 Å². The lowest BCUT2D eigenvalue weighted by Crippen LogP contribution is -2.46. The fraction of sp³-hybridized carbons (Fsp3) is 0.394. The average molecular weight is 580 g/mol. The summed E-state index contributed by atoms with van der Waals surface area (Å²) in [6, 6.07) is 15.1. The highest BCUT2D eigenvalue weighted by Gasteiger charge is 2.28. The van der Waals surface area contributed by atoms with Gasteiger partial charge in [-0.05, 0) is 85.7 Å². The number of amides is 2. The van der Waals surface area contributed by atoms with Crippen molar-refractivity contribution in [2.75, 3.05) is 32.7 Å². The van der Waals surface area contributed by atoms with Crippen molar-refractivity contribution in [3.8, 4) is 11.5 Å². The molecule has 1 fully saturated rings. The molecule has 0 bridgehead atoms. The van der Waals surface area contributed by atoms with Gasteiger partial charge in [-0.25, -0.2) is 13.2 Å². The fourth-order valence-electron chi connectivity index (χ4n) is 5.70. The second kappa shape index (κ2) is 13.4. The lowest BCUT2D eigenvalue weighted by Gasteiger charge is -2.34. The van der Waals surface area contributed by atoms with Crippen molar-refractivity contribution in [1.29, 1.82) is 0 Å². The van der Waals surface area contributed by atoms with Crippen molar-refractivity contribution in [2.24, 2.45) is 5.92 Å². The molecule has 2 aliphatic heterocycles. The molecule has 42 heavy (non-hydrogen) atoms. The number of benzene rings is 3. The Morgan fingerprint density at radius 2 is 1.71 bits per heavy atom. The number of ether oxygens (including phenoxy) is 1. The van der Waals surface area contributed by atoms with Crippen LogP contribution in [-0.2, 0) is 17.6 Å². The Labute approximate surface area is 244 Å². The molecular formula is C33H36F3N3O3. The summed E-state index contributed by atoms with van der Waals surface area (Å²) < 4.78 is 45.9. The number of nitrogens with zero attached hydrogens (tertiary/aromatic N) is 2. The Morgan fingerprint density at radius 3 is 2.45 bits per heavy atom. The molecule has 1 saturated heterocycles. The van der Waals surface area contributed by atoms with Crippen LogP contribution >= 0.6 is 0 Å². The second-order valence-corrected chi connectivity index (χ2v) is 11.3. The van der Waals surface area contributed by atoms with Crippen LogP contribution in [0.5, 0.6) is 11.5 Å². The Hall–Kier alpha value is -3.85. The van der Waals surface area contributed by atoms with Crippen molar-refractivity contribution in [1.82, 2.24) is 15.1 Å². The summed E-state index contributed by atoms with van der Waals surface area (Å²) in [5, 5.41) is 3.56. The molecule has 222 valence electrons. The SMILES string of the molecule is CC(CC(=O)N1CCC(NCCc2ccc(F)cc2)CC1)CN1CCc2ccc(Oc3ccc(F)cc3F)cc2C1=O. The normalized spacial score (nSPS) is 16.3. The molecule has 0 saturated carbocycles. The van der Waals surface area contributed by atoms with E-state index in [1.54, 1.807) is 35.2 Å². The maximum atomic E-state index is 14.0. The largest absolute Gasteiger partial charge is 0.454 e. The topological polar surface area (TPSA) is 61.9 Å². The third kappa shape index (κ3) is 7.50. The van der Waals surface area contributed by atoms with Crippen LogP contribution in [0.25, 0.3) is 0 Å². The van der Waals surface area contributed by atoms with Crippen LogP contribution in [0.15, 0.2) is 60.7 Å². The number of nitrogens with one attached hydrogen (secondary N) is 1. The molecule has 0 aliphatic carbocycles. The van der Waals surface area contributed by atoms with Gasteiger partial charge in [-0.1, -0.05) is 25.1 Å². The molecule has 2 heterocycles. The molecule has 2 aliphatic rings. The van der Waals surface area contributed by atoms with Gasteiger partial charge in [0.05, 0.1) is 0 Å². The number of carbonyl (C=O) groups excluding carboxylic acids is 2. The first-order valence-electron chi connectivity index (χ1n) is 14.6. The first-order valence-corrected chi connectivity index (χ1v) is 14.6. The van der Waals surface area contributed by atoms with E-state index in [0.29, 0.717) is 56.4 Å². The van der Waals surface area contributed by atoms with E-state index in [1.807, 2.05) is 11.8 Å². The summed E-state index contributed by atoms with van der Waals surface area (Å²) in [4.78, 5) is 30.0. The van der Waals surface area contributed by atoms with Crippen molar-refractivity contribution in [2.45, 2.75) is 45.1 Å². The zero-order valence-electron chi connectivity index (χ0n) is 23.8. The van der Waals surface area contributed by atoms with Crippen molar-refractivity contribution >= 4 is 11.8 Å². The van der Waals surface area contributed by atoms with Crippen molar-refractivity contribution < 1.29 is 27.5 Å². The summed E-state index contributed by atoms with van der Waals surface area (Å²) in [5.74, 6) is -1.61. The smallest absolute Gasteiger partial charge is 0.254 e. The van der Waals surface area contributed by atoms with E-state index >= 15 is 0 Å². The number of hydrogen-bond acceptors (Lipinski definition) is 4. The molecule has 6 nitrogen and oxygen atoms in total.